The second-order valence-electron chi connectivity index (χ2n) is 4.32. The lowest BCUT2D eigenvalue weighted by atomic mass is 10.1. The van der Waals surface area contributed by atoms with Gasteiger partial charge in [0.2, 0.25) is 0 Å². The minimum absolute atomic E-state index is 0.329. The lowest BCUT2D eigenvalue weighted by molar-refractivity contribution is -0.129. The van der Waals surface area contributed by atoms with E-state index >= 15 is 0 Å². The third-order valence-electron chi connectivity index (χ3n) is 2.89. The first-order valence-electron chi connectivity index (χ1n) is 6.08. The Hall–Kier alpha value is -2.04. The first-order chi connectivity index (χ1) is 9.99. The number of nitrogens with one attached hydrogen (secondary N) is 2. The molecule has 0 aromatic heterocycles. The number of para-hydroxylation sites is 1. The van der Waals surface area contributed by atoms with E-state index in [0.29, 0.717) is 27.8 Å². The van der Waals surface area contributed by atoms with Gasteiger partial charge in [-0.25, -0.2) is 4.79 Å². The summed E-state index contributed by atoms with van der Waals surface area (Å²) < 4.78 is 0. The predicted octanol–water partition coefficient (Wildman–Crippen LogP) is 4.06. The summed E-state index contributed by atoms with van der Waals surface area (Å²) in [7, 11) is 0. The molecule has 0 saturated carbocycles. The number of hydrogen-bond acceptors (Lipinski definition) is 3. The molecule has 0 aliphatic rings. The Bertz CT molecular complexity index is 702. The molecule has 108 valence electrons. The van der Waals surface area contributed by atoms with Crippen molar-refractivity contribution in [3.05, 3.63) is 63.6 Å². The van der Waals surface area contributed by atoms with Gasteiger partial charge in [-0.3, -0.25) is 5.41 Å². The van der Waals surface area contributed by atoms with Gasteiger partial charge in [0.05, 0.1) is 0 Å². The molecule has 0 fully saturated rings. The molecule has 0 radical (unpaired) electrons. The maximum absolute atomic E-state index is 10.9. The third-order valence-corrected chi connectivity index (χ3v) is 3.48. The van der Waals surface area contributed by atoms with Crippen LogP contribution in [0.3, 0.4) is 0 Å². The van der Waals surface area contributed by atoms with E-state index < -0.39 is 11.7 Å². The molecular weight excluding hydrogens is 311 g/mol. The Morgan fingerprint density at radius 3 is 2.57 bits per heavy atom. The van der Waals surface area contributed by atoms with Gasteiger partial charge in [0, 0.05) is 27.8 Å². The van der Waals surface area contributed by atoms with E-state index in [0.717, 1.165) is 5.56 Å². The van der Waals surface area contributed by atoms with E-state index in [4.69, 9.17) is 33.7 Å². The Morgan fingerprint density at radius 2 is 1.90 bits per heavy atom. The molecule has 0 bridgehead atoms. The molecule has 0 saturated heterocycles. The average Bonchev–Trinajstić information content (AvgIpc) is 2.46. The maximum Gasteiger partial charge on any atom is 0.354 e. The van der Waals surface area contributed by atoms with Gasteiger partial charge >= 0.3 is 5.97 Å². The number of carboxylic acid groups (broad SMARTS) is 1. The average molecular weight is 323 g/mol. The monoisotopic (exact) mass is 322 g/mol. The molecular formula is C15H12Cl2N2O2. The van der Waals surface area contributed by atoms with Crippen LogP contribution in [0.25, 0.3) is 0 Å². The summed E-state index contributed by atoms with van der Waals surface area (Å²) >= 11 is 11.9. The highest BCUT2D eigenvalue weighted by atomic mass is 35.5. The highest BCUT2D eigenvalue weighted by molar-refractivity contribution is 6.42. The summed E-state index contributed by atoms with van der Waals surface area (Å²) in [5.74, 6) is -1.27. The van der Waals surface area contributed by atoms with Gasteiger partial charge in [0.15, 0.2) is 0 Å². The van der Waals surface area contributed by atoms with Gasteiger partial charge in [-0.1, -0.05) is 47.5 Å². The van der Waals surface area contributed by atoms with Gasteiger partial charge < -0.3 is 10.4 Å². The number of carboxylic acids is 1. The van der Waals surface area contributed by atoms with Crippen molar-refractivity contribution in [2.75, 3.05) is 5.32 Å². The zero-order valence-corrected chi connectivity index (χ0v) is 12.4. The molecule has 4 nitrogen and oxygen atoms in total. The van der Waals surface area contributed by atoms with Gasteiger partial charge in [0.1, 0.15) is 5.71 Å². The van der Waals surface area contributed by atoms with Gasteiger partial charge in [-0.15, -0.1) is 0 Å². The molecule has 0 spiro atoms. The predicted molar refractivity (Wildman–Crippen MR) is 84.7 cm³/mol. The molecule has 3 N–H and O–H groups in total. The largest absolute Gasteiger partial charge is 0.477 e. The fourth-order valence-corrected chi connectivity index (χ4v) is 2.30. The summed E-state index contributed by atoms with van der Waals surface area (Å²) in [6.45, 7) is 0.403. The quantitative estimate of drug-likeness (QED) is 0.727. The summed E-state index contributed by atoms with van der Waals surface area (Å²) in [6.07, 6.45) is 0. The summed E-state index contributed by atoms with van der Waals surface area (Å²) in [4.78, 5) is 10.9. The number of benzene rings is 2. The highest BCUT2D eigenvalue weighted by Crippen LogP contribution is 2.23. The molecule has 0 aliphatic heterocycles. The normalized spacial score (nSPS) is 10.2. The molecule has 6 heteroatoms. The highest BCUT2D eigenvalue weighted by Gasteiger charge is 2.14. The molecule has 21 heavy (non-hydrogen) atoms. The van der Waals surface area contributed by atoms with E-state index in [1.54, 1.807) is 42.5 Å². The van der Waals surface area contributed by atoms with Crippen LogP contribution >= 0.6 is 23.2 Å². The van der Waals surface area contributed by atoms with Crippen molar-refractivity contribution < 1.29 is 9.90 Å². The number of hydrogen-bond donors (Lipinski definition) is 3. The lowest BCUT2D eigenvalue weighted by Crippen LogP contribution is -2.15. The van der Waals surface area contributed by atoms with Crippen LogP contribution < -0.4 is 5.32 Å². The van der Waals surface area contributed by atoms with E-state index in [1.165, 1.54) is 0 Å². The lowest BCUT2D eigenvalue weighted by Gasteiger charge is -2.12. The summed E-state index contributed by atoms with van der Waals surface area (Å²) in [5.41, 5.74) is 1.27. The van der Waals surface area contributed by atoms with Crippen LogP contribution in [0, 0.1) is 5.41 Å². The van der Waals surface area contributed by atoms with Crippen LogP contribution in [0.1, 0.15) is 11.1 Å². The van der Waals surface area contributed by atoms with Crippen molar-refractivity contribution in [3.8, 4) is 0 Å². The zero-order valence-electron chi connectivity index (χ0n) is 10.9. The molecule has 2 aromatic rings. The fourth-order valence-electron chi connectivity index (χ4n) is 1.83. The van der Waals surface area contributed by atoms with Crippen LogP contribution in [0.15, 0.2) is 42.5 Å². The Morgan fingerprint density at radius 1 is 1.19 bits per heavy atom. The molecule has 0 amide bonds. The molecule has 0 heterocycles. The maximum atomic E-state index is 10.9. The minimum atomic E-state index is -1.27. The van der Waals surface area contributed by atoms with Crippen molar-refractivity contribution in [2.24, 2.45) is 0 Å². The van der Waals surface area contributed by atoms with Crippen LogP contribution in [0.2, 0.25) is 10.0 Å². The Kier molecular flexibility index (Phi) is 4.83. The topological polar surface area (TPSA) is 73.2 Å². The van der Waals surface area contributed by atoms with E-state index in [-0.39, 0.29) is 0 Å². The Labute approximate surface area is 131 Å². The van der Waals surface area contributed by atoms with E-state index in [2.05, 4.69) is 5.32 Å². The Balaban J connectivity index is 2.20. The van der Waals surface area contributed by atoms with E-state index in [1.807, 2.05) is 0 Å². The number of halogens is 2. The number of aliphatic carboxylic acids is 1. The first kappa shape index (κ1) is 15.4. The molecule has 0 aliphatic carbocycles. The van der Waals surface area contributed by atoms with Gasteiger partial charge in [0.25, 0.3) is 0 Å². The fraction of sp³-hybridized carbons (Fsp3) is 0.0667. The first-order valence-corrected chi connectivity index (χ1v) is 6.83. The smallest absolute Gasteiger partial charge is 0.354 e. The number of anilines is 1. The van der Waals surface area contributed by atoms with Crippen LogP contribution in [0.4, 0.5) is 5.69 Å². The van der Waals surface area contributed by atoms with Crippen molar-refractivity contribution in [1.82, 2.24) is 0 Å². The second kappa shape index (κ2) is 6.61. The van der Waals surface area contributed by atoms with Crippen molar-refractivity contribution in [3.63, 3.8) is 0 Å². The SMILES string of the molecule is N=C(C(=O)O)c1ccccc1NCc1ccc(Cl)cc1Cl. The summed E-state index contributed by atoms with van der Waals surface area (Å²) in [5, 5.41) is 20.7. The molecule has 2 rings (SSSR count). The standard InChI is InChI=1S/C15H12Cl2N2O2/c16-10-6-5-9(12(17)7-10)8-19-13-4-2-1-3-11(13)14(18)15(20)21/h1-7,18-19H,8H2,(H,20,21). The van der Waals surface area contributed by atoms with Gasteiger partial charge in [-0.2, -0.15) is 0 Å². The molecule has 2 aromatic carbocycles. The van der Waals surface area contributed by atoms with Crippen LogP contribution in [-0.2, 0) is 11.3 Å². The molecule has 0 atom stereocenters. The number of carbonyl (C=O) groups is 1. The third kappa shape index (κ3) is 3.74. The van der Waals surface area contributed by atoms with Crippen molar-refractivity contribution in [2.45, 2.75) is 6.54 Å². The minimum Gasteiger partial charge on any atom is -0.477 e. The van der Waals surface area contributed by atoms with Crippen LogP contribution in [0.5, 0.6) is 0 Å². The summed E-state index contributed by atoms with van der Waals surface area (Å²) in [6, 6.07) is 11.9. The van der Waals surface area contributed by atoms with Gasteiger partial charge in [-0.05, 0) is 23.8 Å². The number of rotatable bonds is 5. The van der Waals surface area contributed by atoms with Crippen molar-refractivity contribution in [1.29, 1.82) is 5.41 Å². The van der Waals surface area contributed by atoms with Crippen molar-refractivity contribution >= 4 is 40.6 Å². The van der Waals surface area contributed by atoms with E-state index in [9.17, 15) is 4.79 Å². The second-order valence-corrected chi connectivity index (χ2v) is 5.16. The van der Waals surface area contributed by atoms with Crippen LogP contribution in [-0.4, -0.2) is 16.8 Å². The zero-order chi connectivity index (χ0) is 15.4. The molecule has 0 unspecified atom stereocenters.